The molecule has 0 radical (unpaired) electrons. The molecule has 1 aliphatic rings. The van der Waals surface area contributed by atoms with Crippen LogP contribution in [-0.4, -0.2) is 40.8 Å². The Bertz CT molecular complexity index is 425. The second-order valence-electron chi connectivity index (χ2n) is 5.03. The maximum Gasteiger partial charge on any atom is 0.223 e. The van der Waals surface area contributed by atoms with Crippen LogP contribution in [0, 0.1) is 0 Å². The monoisotopic (exact) mass is 265 g/mol. The molecule has 1 fully saturated rings. The molecule has 4 N–H and O–H groups in total. The first-order valence-electron chi connectivity index (χ1n) is 6.91. The first kappa shape index (κ1) is 13.9. The number of aromatic nitrogens is 2. The van der Waals surface area contributed by atoms with Gasteiger partial charge in [-0.1, -0.05) is 12.8 Å². The number of likely N-dealkylation sites (N-methyl/N-ethyl adjacent to an activating group) is 1. The summed E-state index contributed by atoms with van der Waals surface area (Å²) in [6, 6.07) is 1.98. The number of nitrogens with two attached hydrogens (primary N) is 1. The van der Waals surface area contributed by atoms with Crippen LogP contribution in [0.15, 0.2) is 6.07 Å². The molecule has 2 rings (SSSR count). The summed E-state index contributed by atoms with van der Waals surface area (Å²) in [5.41, 5.74) is 5.74. The van der Waals surface area contributed by atoms with Crippen LogP contribution in [-0.2, 0) is 0 Å². The predicted molar refractivity (Wildman–Crippen MR) is 77.3 cm³/mol. The maximum atomic E-state index is 10.1. The third-order valence-corrected chi connectivity index (χ3v) is 3.64. The van der Waals surface area contributed by atoms with Gasteiger partial charge >= 0.3 is 0 Å². The molecule has 0 aliphatic heterocycles. The third kappa shape index (κ3) is 3.26. The normalized spacial score (nSPS) is 23.1. The van der Waals surface area contributed by atoms with Crippen molar-refractivity contribution >= 4 is 17.6 Å². The Labute approximate surface area is 114 Å². The van der Waals surface area contributed by atoms with Crippen molar-refractivity contribution in [2.24, 2.45) is 0 Å². The van der Waals surface area contributed by atoms with E-state index in [9.17, 15) is 5.11 Å². The molecule has 1 aromatic heterocycles. The molecule has 1 heterocycles. The fourth-order valence-electron chi connectivity index (χ4n) is 2.62. The first-order valence-corrected chi connectivity index (χ1v) is 6.91. The lowest BCUT2D eigenvalue weighted by Crippen LogP contribution is -2.43. The lowest BCUT2D eigenvalue weighted by molar-refractivity contribution is 0.106. The molecule has 0 bridgehead atoms. The van der Waals surface area contributed by atoms with Crippen molar-refractivity contribution in [1.82, 2.24) is 9.97 Å². The van der Waals surface area contributed by atoms with Gasteiger partial charge in [0, 0.05) is 19.7 Å². The minimum atomic E-state index is -0.294. The summed E-state index contributed by atoms with van der Waals surface area (Å²) in [6.45, 7) is 2.79. The fourth-order valence-corrected chi connectivity index (χ4v) is 2.62. The first-order chi connectivity index (χ1) is 9.11. The average Bonchev–Trinajstić information content (AvgIpc) is 2.38. The molecule has 19 heavy (non-hydrogen) atoms. The van der Waals surface area contributed by atoms with Gasteiger partial charge < -0.3 is 21.1 Å². The largest absolute Gasteiger partial charge is 0.391 e. The number of rotatable bonds is 4. The molecule has 6 nitrogen and oxygen atoms in total. The highest BCUT2D eigenvalue weighted by Crippen LogP contribution is 2.26. The quantitative estimate of drug-likeness (QED) is 0.759. The standard InChI is InChI=1S/C13H23N5O/c1-3-15-11-8-12(17-13(14)16-11)18(2)9-6-4-5-7-10(9)19/h8-10,19H,3-7H2,1-2H3,(H3,14,15,16,17). The van der Waals surface area contributed by atoms with Gasteiger partial charge in [0.05, 0.1) is 12.1 Å². The van der Waals surface area contributed by atoms with Crippen LogP contribution in [0.25, 0.3) is 0 Å². The third-order valence-electron chi connectivity index (χ3n) is 3.64. The fraction of sp³-hybridized carbons (Fsp3) is 0.692. The molecular weight excluding hydrogens is 242 g/mol. The molecule has 2 atom stereocenters. The molecule has 1 saturated carbocycles. The van der Waals surface area contributed by atoms with Gasteiger partial charge in [-0.15, -0.1) is 0 Å². The topological polar surface area (TPSA) is 87.3 Å². The van der Waals surface area contributed by atoms with E-state index >= 15 is 0 Å². The Morgan fingerprint density at radius 1 is 1.42 bits per heavy atom. The molecule has 6 heteroatoms. The van der Waals surface area contributed by atoms with Gasteiger partial charge in [-0.2, -0.15) is 9.97 Å². The number of anilines is 3. The summed E-state index contributed by atoms with van der Waals surface area (Å²) in [6.07, 6.45) is 3.79. The van der Waals surface area contributed by atoms with Crippen molar-refractivity contribution in [3.63, 3.8) is 0 Å². The van der Waals surface area contributed by atoms with E-state index < -0.39 is 0 Å². The Morgan fingerprint density at radius 2 is 2.16 bits per heavy atom. The van der Waals surface area contributed by atoms with Gasteiger partial charge in [-0.05, 0) is 19.8 Å². The zero-order valence-electron chi connectivity index (χ0n) is 11.6. The van der Waals surface area contributed by atoms with Gasteiger partial charge in [0.2, 0.25) is 5.95 Å². The highest BCUT2D eigenvalue weighted by atomic mass is 16.3. The number of aliphatic hydroxyl groups is 1. The Morgan fingerprint density at radius 3 is 2.84 bits per heavy atom. The second-order valence-corrected chi connectivity index (χ2v) is 5.03. The van der Waals surface area contributed by atoms with E-state index in [0.717, 1.165) is 43.9 Å². The molecule has 0 aromatic carbocycles. The Balaban J connectivity index is 2.19. The van der Waals surface area contributed by atoms with Gasteiger partial charge in [-0.3, -0.25) is 0 Å². The van der Waals surface area contributed by atoms with Crippen molar-refractivity contribution in [3.05, 3.63) is 6.07 Å². The molecular formula is C13H23N5O. The molecule has 2 unspecified atom stereocenters. The van der Waals surface area contributed by atoms with Crippen molar-refractivity contribution in [2.45, 2.75) is 44.8 Å². The molecule has 106 valence electrons. The van der Waals surface area contributed by atoms with E-state index in [1.54, 1.807) is 0 Å². The molecule has 1 aromatic rings. The Kier molecular flexibility index (Phi) is 4.42. The average molecular weight is 265 g/mol. The van der Waals surface area contributed by atoms with Gasteiger partial charge in [0.15, 0.2) is 0 Å². The van der Waals surface area contributed by atoms with Crippen LogP contribution < -0.4 is 16.0 Å². The summed E-state index contributed by atoms with van der Waals surface area (Å²) in [5.74, 6) is 1.74. The van der Waals surface area contributed by atoms with Gasteiger partial charge in [0.25, 0.3) is 0 Å². The second kappa shape index (κ2) is 6.06. The molecule has 0 saturated heterocycles. The Hall–Kier alpha value is -1.56. The summed E-state index contributed by atoms with van der Waals surface area (Å²) in [7, 11) is 1.96. The SMILES string of the molecule is CCNc1cc(N(C)C2CCCCC2O)nc(N)n1. The molecule has 0 amide bonds. The zero-order chi connectivity index (χ0) is 13.8. The summed E-state index contributed by atoms with van der Waals surface area (Å²) in [4.78, 5) is 10.4. The van der Waals surface area contributed by atoms with Crippen LogP contribution in [0.4, 0.5) is 17.6 Å². The number of aliphatic hydroxyl groups excluding tert-OH is 1. The van der Waals surface area contributed by atoms with Crippen LogP contribution >= 0.6 is 0 Å². The van der Waals surface area contributed by atoms with Crippen molar-refractivity contribution in [2.75, 3.05) is 29.5 Å². The minimum absolute atomic E-state index is 0.109. The van der Waals surface area contributed by atoms with Crippen molar-refractivity contribution < 1.29 is 5.11 Å². The van der Waals surface area contributed by atoms with Crippen LogP contribution in [0.1, 0.15) is 32.6 Å². The highest BCUT2D eigenvalue weighted by Gasteiger charge is 2.27. The zero-order valence-corrected chi connectivity index (χ0v) is 11.6. The lowest BCUT2D eigenvalue weighted by Gasteiger charge is -2.36. The van der Waals surface area contributed by atoms with Crippen LogP contribution in [0.2, 0.25) is 0 Å². The summed E-state index contributed by atoms with van der Waals surface area (Å²) < 4.78 is 0. The smallest absolute Gasteiger partial charge is 0.223 e. The van der Waals surface area contributed by atoms with E-state index in [1.807, 2.05) is 24.9 Å². The maximum absolute atomic E-state index is 10.1. The summed E-state index contributed by atoms with van der Waals surface area (Å²) >= 11 is 0. The van der Waals surface area contributed by atoms with Crippen molar-refractivity contribution in [1.29, 1.82) is 0 Å². The lowest BCUT2D eigenvalue weighted by atomic mass is 9.91. The summed E-state index contributed by atoms with van der Waals surface area (Å²) in [5, 5.41) is 13.2. The van der Waals surface area contributed by atoms with E-state index in [4.69, 9.17) is 5.73 Å². The molecule has 1 aliphatic carbocycles. The van der Waals surface area contributed by atoms with E-state index in [1.165, 1.54) is 0 Å². The van der Waals surface area contributed by atoms with Crippen molar-refractivity contribution in [3.8, 4) is 0 Å². The number of nitrogen functional groups attached to an aromatic ring is 1. The predicted octanol–water partition coefficient (Wildman–Crippen LogP) is 1.23. The van der Waals surface area contributed by atoms with E-state index in [0.29, 0.717) is 0 Å². The van der Waals surface area contributed by atoms with Crippen LogP contribution in [0.3, 0.4) is 0 Å². The number of nitrogens with one attached hydrogen (secondary N) is 1. The number of hydrogen-bond acceptors (Lipinski definition) is 6. The van der Waals surface area contributed by atoms with Gasteiger partial charge in [-0.25, -0.2) is 0 Å². The number of hydrogen-bond donors (Lipinski definition) is 3. The van der Waals surface area contributed by atoms with E-state index in [2.05, 4.69) is 15.3 Å². The van der Waals surface area contributed by atoms with Crippen LogP contribution in [0.5, 0.6) is 0 Å². The minimum Gasteiger partial charge on any atom is -0.391 e. The van der Waals surface area contributed by atoms with Gasteiger partial charge in [0.1, 0.15) is 11.6 Å². The highest BCUT2D eigenvalue weighted by molar-refractivity contribution is 5.52. The molecule has 0 spiro atoms. The number of nitrogens with zero attached hydrogens (tertiary/aromatic N) is 3. The van der Waals surface area contributed by atoms with E-state index in [-0.39, 0.29) is 18.1 Å².